The van der Waals surface area contributed by atoms with E-state index in [1.54, 1.807) is 6.92 Å². The summed E-state index contributed by atoms with van der Waals surface area (Å²) in [5.41, 5.74) is 3.99. The Morgan fingerprint density at radius 3 is 2.27 bits per heavy atom. The normalized spacial score (nSPS) is 18.4. The molecule has 0 radical (unpaired) electrons. The van der Waals surface area contributed by atoms with Gasteiger partial charge in [0.25, 0.3) is 0 Å². The van der Waals surface area contributed by atoms with Crippen molar-refractivity contribution >= 4 is 18.0 Å². The van der Waals surface area contributed by atoms with Gasteiger partial charge in [-0.2, -0.15) is 0 Å². The van der Waals surface area contributed by atoms with E-state index in [4.69, 9.17) is 4.74 Å². The van der Waals surface area contributed by atoms with Gasteiger partial charge in [0, 0.05) is 32.0 Å². The molecule has 8 heteroatoms. The van der Waals surface area contributed by atoms with Crippen molar-refractivity contribution in [3.8, 4) is 23.0 Å². The number of ether oxygens (including phenoxy) is 1. The molecule has 3 aromatic rings. The number of amides is 2. The molecule has 41 heavy (non-hydrogen) atoms. The van der Waals surface area contributed by atoms with Gasteiger partial charge in [0.05, 0.1) is 0 Å². The molecule has 1 aliphatic heterocycles. The Labute approximate surface area is 239 Å². The number of rotatable bonds is 9. The zero-order valence-electron chi connectivity index (χ0n) is 22.9. The van der Waals surface area contributed by atoms with E-state index in [-0.39, 0.29) is 31.9 Å². The van der Waals surface area contributed by atoms with Crippen LogP contribution in [0, 0.1) is 11.8 Å². The number of alkyl carbamates (subject to hydrolysis) is 1. The maximum Gasteiger partial charge on any atom is 0.407 e. The summed E-state index contributed by atoms with van der Waals surface area (Å²) in [7, 11) is 0. The van der Waals surface area contributed by atoms with Crippen LogP contribution in [0.25, 0.3) is 11.1 Å². The lowest BCUT2D eigenvalue weighted by Crippen LogP contribution is -2.60. The number of benzene rings is 3. The van der Waals surface area contributed by atoms with Crippen LogP contribution in [0.4, 0.5) is 4.79 Å². The fourth-order valence-corrected chi connectivity index (χ4v) is 5.71. The Bertz CT molecular complexity index is 1450. The minimum Gasteiger partial charge on any atom is -0.479 e. The largest absolute Gasteiger partial charge is 0.479 e. The molecule has 3 aromatic carbocycles. The van der Waals surface area contributed by atoms with E-state index in [0.717, 1.165) is 27.8 Å². The molecule has 2 aliphatic rings. The number of fused-ring (bicyclic) bond motifs is 3. The Kier molecular flexibility index (Phi) is 8.37. The van der Waals surface area contributed by atoms with Crippen LogP contribution in [-0.4, -0.2) is 59.3 Å². The molecule has 0 bridgehead atoms. The average molecular weight is 552 g/mol. The van der Waals surface area contributed by atoms with E-state index in [9.17, 15) is 19.5 Å². The van der Waals surface area contributed by atoms with E-state index in [1.807, 2.05) is 71.6 Å². The number of carboxylic acids is 1. The summed E-state index contributed by atoms with van der Waals surface area (Å²) in [6.45, 7) is 2.98. The molecule has 0 aromatic heterocycles. The highest BCUT2D eigenvalue weighted by Crippen LogP contribution is 2.44. The van der Waals surface area contributed by atoms with Crippen LogP contribution in [0.1, 0.15) is 42.4 Å². The maximum atomic E-state index is 13.4. The lowest BCUT2D eigenvalue weighted by atomic mass is 9.97. The quantitative estimate of drug-likeness (QED) is 0.345. The number of carbonyl (C=O) groups is 3. The standard InChI is InChI=1S/C33H33N3O5/c1-2-3-17-29(30(37)35-33(31(38)39)18-19-36(22-33)20-23-11-5-4-6-12-23)34-32(40)41-21-28-26-15-9-7-13-24(26)25-14-8-10-16-27(25)28/h4-16,28-29H,17-22H2,1H3,(H,34,40)(H,35,37)(H,38,39). The predicted octanol–water partition coefficient (Wildman–Crippen LogP) is 4.15. The SMILES string of the molecule is CC#CCC(NC(=O)OCC1c2ccccc2-c2ccccc21)C(=O)NC1(C(=O)O)CCN(Cc2ccccc2)C1. The highest BCUT2D eigenvalue weighted by atomic mass is 16.5. The van der Waals surface area contributed by atoms with Crippen molar-refractivity contribution in [2.45, 2.75) is 43.8 Å². The summed E-state index contributed by atoms with van der Waals surface area (Å²) in [6, 6.07) is 24.8. The van der Waals surface area contributed by atoms with Gasteiger partial charge < -0.3 is 20.5 Å². The molecule has 2 unspecified atom stereocenters. The molecule has 2 amide bonds. The van der Waals surface area contributed by atoms with E-state index in [0.29, 0.717) is 13.1 Å². The number of hydrogen-bond donors (Lipinski definition) is 3. The van der Waals surface area contributed by atoms with Crippen molar-refractivity contribution in [2.24, 2.45) is 0 Å². The van der Waals surface area contributed by atoms with Gasteiger partial charge in [0.1, 0.15) is 12.6 Å². The highest BCUT2D eigenvalue weighted by Gasteiger charge is 2.47. The first-order chi connectivity index (χ1) is 19.9. The Balaban J connectivity index is 1.23. The zero-order chi connectivity index (χ0) is 28.8. The minimum atomic E-state index is -1.47. The van der Waals surface area contributed by atoms with Crippen molar-refractivity contribution in [3.05, 3.63) is 95.6 Å². The topological polar surface area (TPSA) is 108 Å². The summed E-state index contributed by atoms with van der Waals surface area (Å²) >= 11 is 0. The summed E-state index contributed by atoms with van der Waals surface area (Å²) in [6.07, 6.45) is -0.486. The Hall–Kier alpha value is -4.61. The molecule has 5 rings (SSSR count). The number of carboxylic acid groups (broad SMARTS) is 1. The van der Waals surface area contributed by atoms with E-state index < -0.39 is 29.6 Å². The van der Waals surface area contributed by atoms with Gasteiger partial charge in [-0.1, -0.05) is 78.9 Å². The number of nitrogens with one attached hydrogen (secondary N) is 2. The number of nitrogens with zero attached hydrogens (tertiary/aromatic N) is 1. The first-order valence-corrected chi connectivity index (χ1v) is 13.7. The van der Waals surface area contributed by atoms with Crippen LogP contribution in [0.2, 0.25) is 0 Å². The molecule has 8 nitrogen and oxygen atoms in total. The summed E-state index contributed by atoms with van der Waals surface area (Å²) in [4.78, 5) is 40.7. The van der Waals surface area contributed by atoms with Gasteiger partial charge in [-0.3, -0.25) is 9.69 Å². The molecule has 0 saturated carbocycles. The molecule has 1 aliphatic carbocycles. The third-order valence-corrected chi connectivity index (χ3v) is 7.80. The van der Waals surface area contributed by atoms with Gasteiger partial charge in [-0.25, -0.2) is 9.59 Å². The van der Waals surface area contributed by atoms with Crippen LogP contribution < -0.4 is 10.6 Å². The third kappa shape index (κ3) is 6.11. The number of likely N-dealkylation sites (tertiary alicyclic amines) is 1. The van der Waals surface area contributed by atoms with Crippen molar-refractivity contribution in [2.75, 3.05) is 19.7 Å². The second kappa shape index (κ2) is 12.3. The molecule has 1 heterocycles. The number of carbonyl (C=O) groups excluding carboxylic acids is 2. The van der Waals surface area contributed by atoms with Gasteiger partial charge >= 0.3 is 12.1 Å². The van der Waals surface area contributed by atoms with Crippen LogP contribution in [0.3, 0.4) is 0 Å². The second-order valence-corrected chi connectivity index (χ2v) is 10.5. The molecule has 210 valence electrons. The molecule has 2 atom stereocenters. The minimum absolute atomic E-state index is 0.0238. The lowest BCUT2D eigenvalue weighted by molar-refractivity contribution is -0.147. The van der Waals surface area contributed by atoms with E-state index >= 15 is 0 Å². The number of hydrogen-bond acceptors (Lipinski definition) is 5. The van der Waals surface area contributed by atoms with E-state index in [1.165, 1.54) is 0 Å². The Morgan fingerprint density at radius 1 is 1.00 bits per heavy atom. The van der Waals surface area contributed by atoms with E-state index in [2.05, 4.69) is 34.6 Å². The van der Waals surface area contributed by atoms with Gasteiger partial charge in [-0.05, 0) is 41.2 Å². The summed E-state index contributed by atoms with van der Waals surface area (Å²) < 4.78 is 5.62. The molecule has 1 saturated heterocycles. The van der Waals surface area contributed by atoms with Crippen molar-refractivity contribution in [1.29, 1.82) is 0 Å². The van der Waals surface area contributed by atoms with Gasteiger partial charge in [-0.15, -0.1) is 11.8 Å². The molecule has 3 N–H and O–H groups in total. The summed E-state index contributed by atoms with van der Waals surface area (Å²) in [5, 5.41) is 15.5. The zero-order valence-corrected chi connectivity index (χ0v) is 22.9. The molecular weight excluding hydrogens is 518 g/mol. The predicted molar refractivity (Wildman–Crippen MR) is 155 cm³/mol. The number of aliphatic carboxylic acids is 1. The highest BCUT2D eigenvalue weighted by molar-refractivity contribution is 5.92. The molecule has 1 fully saturated rings. The van der Waals surface area contributed by atoms with Crippen LogP contribution in [0.15, 0.2) is 78.9 Å². The maximum absolute atomic E-state index is 13.4. The summed E-state index contributed by atoms with van der Waals surface area (Å²) in [5.74, 6) is 3.73. The van der Waals surface area contributed by atoms with Crippen molar-refractivity contribution in [3.63, 3.8) is 0 Å². The van der Waals surface area contributed by atoms with Crippen molar-refractivity contribution in [1.82, 2.24) is 15.5 Å². The third-order valence-electron chi connectivity index (χ3n) is 7.80. The lowest BCUT2D eigenvalue weighted by Gasteiger charge is -2.28. The van der Waals surface area contributed by atoms with Crippen LogP contribution >= 0.6 is 0 Å². The first kappa shape index (κ1) is 27.9. The Morgan fingerprint density at radius 2 is 1.63 bits per heavy atom. The van der Waals surface area contributed by atoms with Gasteiger partial charge in [0.15, 0.2) is 5.54 Å². The molecule has 0 spiro atoms. The smallest absolute Gasteiger partial charge is 0.407 e. The first-order valence-electron chi connectivity index (χ1n) is 13.7. The molecular formula is C33H33N3O5. The van der Waals surface area contributed by atoms with Crippen LogP contribution in [0.5, 0.6) is 0 Å². The second-order valence-electron chi connectivity index (χ2n) is 10.5. The van der Waals surface area contributed by atoms with Crippen LogP contribution in [-0.2, 0) is 20.9 Å². The fraction of sp³-hybridized carbons (Fsp3) is 0.303. The van der Waals surface area contributed by atoms with Crippen molar-refractivity contribution < 1.29 is 24.2 Å². The monoisotopic (exact) mass is 551 g/mol. The van der Waals surface area contributed by atoms with Gasteiger partial charge in [0.2, 0.25) is 5.91 Å². The average Bonchev–Trinajstić information content (AvgIpc) is 3.54. The fourth-order valence-electron chi connectivity index (χ4n) is 5.71.